The number of nitriles is 1. The number of sulfonamides is 1. The van der Waals surface area contributed by atoms with Crippen LogP contribution in [0, 0.1) is 11.3 Å². The molecule has 0 aliphatic carbocycles. The van der Waals surface area contributed by atoms with Crippen LogP contribution in [0.5, 0.6) is 0 Å². The standard InChI is InChI=1S/C13H15N3O3S/c1-10(17)15-12-5-6-16(9-12)20(18,19)13-4-2-3-11(7-13)8-14/h2-4,7,12H,5-6,9H2,1H3,(H,15,17). The summed E-state index contributed by atoms with van der Waals surface area (Å²) in [7, 11) is -3.61. The van der Waals surface area contributed by atoms with Gasteiger partial charge in [0.05, 0.1) is 16.5 Å². The summed E-state index contributed by atoms with van der Waals surface area (Å²) in [5, 5.41) is 11.5. The van der Waals surface area contributed by atoms with E-state index in [9.17, 15) is 13.2 Å². The molecule has 0 radical (unpaired) electrons. The fraction of sp³-hybridized carbons (Fsp3) is 0.385. The fourth-order valence-electron chi connectivity index (χ4n) is 2.23. The van der Waals surface area contributed by atoms with Crippen LogP contribution in [0.4, 0.5) is 0 Å². The zero-order valence-electron chi connectivity index (χ0n) is 11.0. The third-order valence-corrected chi connectivity index (χ3v) is 5.02. The van der Waals surface area contributed by atoms with Crippen molar-refractivity contribution in [3.8, 4) is 6.07 Å². The molecule has 2 rings (SSSR count). The van der Waals surface area contributed by atoms with Crippen molar-refractivity contribution in [2.24, 2.45) is 0 Å². The maximum atomic E-state index is 12.4. The number of hydrogen-bond donors (Lipinski definition) is 1. The Balaban J connectivity index is 2.19. The van der Waals surface area contributed by atoms with Crippen molar-refractivity contribution in [2.75, 3.05) is 13.1 Å². The van der Waals surface area contributed by atoms with E-state index in [1.165, 1.54) is 23.4 Å². The van der Waals surface area contributed by atoms with Gasteiger partial charge in [-0.3, -0.25) is 4.79 Å². The van der Waals surface area contributed by atoms with Crippen molar-refractivity contribution in [3.63, 3.8) is 0 Å². The van der Waals surface area contributed by atoms with E-state index in [-0.39, 0.29) is 23.4 Å². The molecular formula is C13H15N3O3S. The van der Waals surface area contributed by atoms with Crippen molar-refractivity contribution in [1.82, 2.24) is 9.62 Å². The van der Waals surface area contributed by atoms with Crippen molar-refractivity contribution in [2.45, 2.75) is 24.3 Å². The van der Waals surface area contributed by atoms with Crippen molar-refractivity contribution >= 4 is 15.9 Å². The van der Waals surface area contributed by atoms with Gasteiger partial charge in [-0.1, -0.05) is 6.07 Å². The number of hydrogen-bond acceptors (Lipinski definition) is 4. The van der Waals surface area contributed by atoms with Crippen LogP contribution in [0.3, 0.4) is 0 Å². The van der Waals surface area contributed by atoms with Crippen molar-refractivity contribution in [3.05, 3.63) is 29.8 Å². The van der Waals surface area contributed by atoms with Gasteiger partial charge < -0.3 is 5.32 Å². The first-order valence-corrected chi connectivity index (χ1v) is 7.65. The molecule has 1 N–H and O–H groups in total. The maximum absolute atomic E-state index is 12.4. The van der Waals surface area contributed by atoms with Gasteiger partial charge in [0.1, 0.15) is 0 Å². The average Bonchev–Trinajstić information content (AvgIpc) is 2.87. The first-order valence-electron chi connectivity index (χ1n) is 6.21. The Bertz CT molecular complexity index is 664. The van der Waals surface area contributed by atoms with Crippen molar-refractivity contribution < 1.29 is 13.2 Å². The Kier molecular flexibility index (Phi) is 4.06. The quantitative estimate of drug-likeness (QED) is 0.876. The number of nitrogens with zero attached hydrogens (tertiary/aromatic N) is 2. The fourth-order valence-corrected chi connectivity index (χ4v) is 3.77. The molecule has 0 spiro atoms. The molecule has 1 unspecified atom stereocenters. The van der Waals surface area contributed by atoms with Gasteiger partial charge in [-0.15, -0.1) is 0 Å². The van der Waals surface area contributed by atoms with Crippen LogP contribution < -0.4 is 5.32 Å². The van der Waals surface area contributed by atoms with E-state index in [2.05, 4.69) is 5.32 Å². The molecule has 1 fully saturated rings. The van der Waals surface area contributed by atoms with E-state index in [4.69, 9.17) is 5.26 Å². The van der Waals surface area contributed by atoms with E-state index in [0.29, 0.717) is 18.5 Å². The number of carbonyl (C=O) groups is 1. The van der Waals surface area contributed by atoms with Crippen LogP contribution in [0.25, 0.3) is 0 Å². The predicted molar refractivity (Wildman–Crippen MR) is 72.1 cm³/mol. The second-order valence-corrected chi connectivity index (χ2v) is 6.63. The van der Waals surface area contributed by atoms with Crippen molar-refractivity contribution in [1.29, 1.82) is 5.26 Å². The summed E-state index contributed by atoms with van der Waals surface area (Å²) in [6, 6.07) is 7.72. The number of amides is 1. The summed E-state index contributed by atoms with van der Waals surface area (Å²) in [6.45, 7) is 2.04. The summed E-state index contributed by atoms with van der Waals surface area (Å²) in [4.78, 5) is 11.1. The Morgan fingerprint density at radius 2 is 2.25 bits per heavy atom. The van der Waals surface area contributed by atoms with E-state index in [0.717, 1.165) is 0 Å². The van der Waals surface area contributed by atoms with Crippen LogP contribution in [0.1, 0.15) is 18.9 Å². The Morgan fingerprint density at radius 3 is 2.90 bits per heavy atom. The highest BCUT2D eigenvalue weighted by molar-refractivity contribution is 7.89. The zero-order valence-corrected chi connectivity index (χ0v) is 11.9. The molecule has 20 heavy (non-hydrogen) atoms. The monoisotopic (exact) mass is 293 g/mol. The molecule has 106 valence electrons. The van der Waals surface area contributed by atoms with Crippen LogP contribution in [-0.2, 0) is 14.8 Å². The third-order valence-electron chi connectivity index (χ3n) is 3.16. The highest BCUT2D eigenvalue weighted by Gasteiger charge is 2.32. The van der Waals surface area contributed by atoms with Gasteiger partial charge in [-0.25, -0.2) is 8.42 Å². The van der Waals surface area contributed by atoms with Crippen LogP contribution >= 0.6 is 0 Å². The lowest BCUT2D eigenvalue weighted by atomic mass is 10.2. The van der Waals surface area contributed by atoms with Gasteiger partial charge in [-0.05, 0) is 24.6 Å². The summed E-state index contributed by atoms with van der Waals surface area (Å²) >= 11 is 0. The molecule has 1 aliphatic rings. The molecule has 1 aromatic rings. The average molecular weight is 293 g/mol. The first kappa shape index (κ1) is 14.5. The second kappa shape index (κ2) is 5.61. The summed E-state index contributed by atoms with van der Waals surface area (Å²) < 4.78 is 26.2. The largest absolute Gasteiger partial charge is 0.352 e. The molecule has 1 aliphatic heterocycles. The van der Waals surface area contributed by atoms with Crippen LogP contribution in [0.15, 0.2) is 29.2 Å². The molecule has 0 saturated carbocycles. The highest BCUT2D eigenvalue weighted by atomic mass is 32.2. The molecule has 7 heteroatoms. The van der Waals surface area contributed by atoms with E-state index in [1.54, 1.807) is 12.1 Å². The van der Waals surface area contributed by atoms with Crippen LogP contribution in [-0.4, -0.2) is 37.8 Å². The first-order chi connectivity index (χ1) is 9.43. The van der Waals surface area contributed by atoms with E-state index < -0.39 is 10.0 Å². The molecule has 1 aromatic carbocycles. The summed E-state index contributed by atoms with van der Waals surface area (Å²) in [5.41, 5.74) is 0.309. The minimum absolute atomic E-state index is 0.111. The summed E-state index contributed by atoms with van der Waals surface area (Å²) in [5.74, 6) is -0.166. The number of nitrogens with one attached hydrogen (secondary N) is 1. The Morgan fingerprint density at radius 1 is 1.50 bits per heavy atom. The van der Waals surface area contributed by atoms with Crippen LogP contribution in [0.2, 0.25) is 0 Å². The Labute approximate surface area is 118 Å². The lowest BCUT2D eigenvalue weighted by Gasteiger charge is -2.17. The minimum atomic E-state index is -3.61. The van der Waals surface area contributed by atoms with Gasteiger partial charge in [0.2, 0.25) is 15.9 Å². The third kappa shape index (κ3) is 2.98. The molecular weight excluding hydrogens is 278 g/mol. The highest BCUT2D eigenvalue weighted by Crippen LogP contribution is 2.21. The SMILES string of the molecule is CC(=O)NC1CCN(S(=O)(=O)c2cccc(C#N)c2)C1. The van der Waals surface area contributed by atoms with Gasteiger partial charge in [0, 0.05) is 26.1 Å². The van der Waals surface area contributed by atoms with Gasteiger partial charge in [-0.2, -0.15) is 9.57 Å². The number of benzene rings is 1. The second-order valence-electron chi connectivity index (χ2n) is 4.69. The molecule has 0 bridgehead atoms. The number of carbonyl (C=O) groups excluding carboxylic acids is 1. The molecule has 1 heterocycles. The van der Waals surface area contributed by atoms with Gasteiger partial charge >= 0.3 is 0 Å². The smallest absolute Gasteiger partial charge is 0.243 e. The molecule has 0 aromatic heterocycles. The maximum Gasteiger partial charge on any atom is 0.243 e. The van der Waals surface area contributed by atoms with Gasteiger partial charge in [0.25, 0.3) is 0 Å². The zero-order chi connectivity index (χ0) is 14.8. The van der Waals surface area contributed by atoms with E-state index >= 15 is 0 Å². The summed E-state index contributed by atoms with van der Waals surface area (Å²) in [6.07, 6.45) is 0.594. The molecule has 6 nitrogen and oxygen atoms in total. The topological polar surface area (TPSA) is 90.3 Å². The van der Waals surface area contributed by atoms with Gasteiger partial charge in [0.15, 0.2) is 0 Å². The number of rotatable bonds is 3. The lowest BCUT2D eigenvalue weighted by Crippen LogP contribution is -2.37. The predicted octanol–water partition coefficient (Wildman–Crippen LogP) is 0.457. The molecule has 1 atom stereocenters. The molecule has 1 saturated heterocycles. The normalized spacial score (nSPS) is 19.5. The molecule has 1 amide bonds. The Hall–Kier alpha value is -1.91. The lowest BCUT2D eigenvalue weighted by molar-refractivity contribution is -0.119. The minimum Gasteiger partial charge on any atom is -0.352 e. The van der Waals surface area contributed by atoms with E-state index in [1.807, 2.05) is 6.07 Å².